The van der Waals surface area contributed by atoms with Crippen molar-refractivity contribution in [2.45, 2.75) is 6.92 Å². The molecular formula is C7H10N4. The van der Waals surface area contributed by atoms with Crippen molar-refractivity contribution in [2.24, 2.45) is 12.0 Å². The molecule has 0 saturated heterocycles. The van der Waals surface area contributed by atoms with Gasteiger partial charge < -0.3 is 9.98 Å². The molecular weight excluding hydrogens is 140 g/mol. The van der Waals surface area contributed by atoms with Crippen LogP contribution in [-0.4, -0.2) is 22.0 Å². The van der Waals surface area contributed by atoms with Crippen LogP contribution in [0.4, 0.5) is 5.82 Å². The summed E-state index contributed by atoms with van der Waals surface area (Å²) in [6.07, 6.45) is 4.25. The van der Waals surface area contributed by atoms with E-state index in [1.807, 2.05) is 18.5 Å². The Morgan fingerprint density at radius 3 is 2.91 bits per heavy atom. The summed E-state index contributed by atoms with van der Waals surface area (Å²) in [7, 11) is 1.91. The molecule has 1 aromatic heterocycles. The highest BCUT2D eigenvalue weighted by molar-refractivity contribution is 6.15. The average Bonchev–Trinajstić information content (AvgIpc) is 2.31. The van der Waals surface area contributed by atoms with Crippen LogP contribution in [0.25, 0.3) is 0 Å². The molecule has 0 bridgehead atoms. The van der Waals surface area contributed by atoms with E-state index in [1.165, 1.54) is 6.21 Å². The number of nitrogens with zero attached hydrogens (tertiary/aromatic N) is 3. The third kappa shape index (κ3) is 1.52. The second kappa shape index (κ2) is 3.09. The first-order valence-corrected chi connectivity index (χ1v) is 3.26. The minimum Gasteiger partial charge on any atom is -0.336 e. The van der Waals surface area contributed by atoms with Crippen molar-refractivity contribution in [1.29, 1.82) is 5.41 Å². The smallest absolute Gasteiger partial charge is 0.172 e. The molecule has 0 aliphatic carbocycles. The van der Waals surface area contributed by atoms with Crippen molar-refractivity contribution in [3.63, 3.8) is 0 Å². The molecule has 1 heterocycles. The maximum atomic E-state index is 6.72. The van der Waals surface area contributed by atoms with Gasteiger partial charge in [-0.15, -0.1) is 0 Å². The fourth-order valence-electron chi connectivity index (χ4n) is 0.714. The molecule has 58 valence electrons. The molecule has 0 radical (unpaired) electrons. The van der Waals surface area contributed by atoms with Crippen LogP contribution in [0.2, 0.25) is 0 Å². The zero-order chi connectivity index (χ0) is 8.27. The standard InChI is InChI=1S/C7H10N4/c1-6-7(9-4-3-8)10-5-11(6)2/h3-5,8H,1-2H3/b8-3?,9-4-. The van der Waals surface area contributed by atoms with Crippen molar-refractivity contribution in [1.82, 2.24) is 9.55 Å². The van der Waals surface area contributed by atoms with Crippen LogP contribution in [0, 0.1) is 12.3 Å². The van der Waals surface area contributed by atoms with E-state index in [2.05, 4.69) is 9.98 Å². The molecule has 0 fully saturated rings. The lowest BCUT2D eigenvalue weighted by Gasteiger charge is -1.91. The monoisotopic (exact) mass is 150 g/mol. The van der Waals surface area contributed by atoms with Gasteiger partial charge >= 0.3 is 0 Å². The number of aryl methyl sites for hydroxylation is 1. The van der Waals surface area contributed by atoms with E-state index in [4.69, 9.17) is 5.41 Å². The van der Waals surface area contributed by atoms with E-state index in [1.54, 1.807) is 6.33 Å². The topological polar surface area (TPSA) is 54.0 Å². The van der Waals surface area contributed by atoms with E-state index in [0.717, 1.165) is 11.9 Å². The highest BCUT2D eigenvalue weighted by atomic mass is 15.1. The van der Waals surface area contributed by atoms with Gasteiger partial charge in [0, 0.05) is 19.5 Å². The zero-order valence-corrected chi connectivity index (χ0v) is 6.57. The van der Waals surface area contributed by atoms with E-state index >= 15 is 0 Å². The van der Waals surface area contributed by atoms with Crippen molar-refractivity contribution in [3.8, 4) is 0 Å². The second-order valence-corrected chi connectivity index (χ2v) is 2.21. The predicted molar refractivity (Wildman–Crippen MR) is 44.9 cm³/mol. The van der Waals surface area contributed by atoms with E-state index in [9.17, 15) is 0 Å². The van der Waals surface area contributed by atoms with E-state index < -0.39 is 0 Å². The van der Waals surface area contributed by atoms with Crippen LogP contribution in [-0.2, 0) is 7.05 Å². The molecule has 4 nitrogen and oxygen atoms in total. The number of aromatic nitrogens is 2. The molecule has 1 rings (SSSR count). The Labute approximate surface area is 65.1 Å². The molecule has 0 unspecified atom stereocenters. The number of hydrogen-bond acceptors (Lipinski definition) is 3. The van der Waals surface area contributed by atoms with Gasteiger partial charge in [0.2, 0.25) is 0 Å². The quantitative estimate of drug-likeness (QED) is 0.630. The Hall–Kier alpha value is -1.45. The van der Waals surface area contributed by atoms with Gasteiger partial charge in [0.15, 0.2) is 5.82 Å². The summed E-state index contributed by atoms with van der Waals surface area (Å²) in [6.45, 7) is 1.93. The summed E-state index contributed by atoms with van der Waals surface area (Å²) in [5.41, 5.74) is 1.00. The summed E-state index contributed by atoms with van der Waals surface area (Å²) in [5, 5.41) is 6.72. The Bertz CT molecular complexity index is 285. The van der Waals surface area contributed by atoms with Gasteiger partial charge in [-0.25, -0.2) is 9.98 Å². The van der Waals surface area contributed by atoms with Crippen molar-refractivity contribution in [2.75, 3.05) is 0 Å². The fraction of sp³-hybridized carbons (Fsp3) is 0.286. The number of rotatable bonds is 2. The minimum absolute atomic E-state index is 0.677. The minimum atomic E-state index is 0.677. The molecule has 0 saturated carbocycles. The summed E-state index contributed by atoms with van der Waals surface area (Å²) in [6, 6.07) is 0. The largest absolute Gasteiger partial charge is 0.336 e. The van der Waals surface area contributed by atoms with Gasteiger partial charge in [-0.2, -0.15) is 0 Å². The molecule has 0 atom stereocenters. The zero-order valence-electron chi connectivity index (χ0n) is 6.57. The number of hydrogen-bond donors (Lipinski definition) is 1. The Morgan fingerprint density at radius 2 is 2.45 bits per heavy atom. The van der Waals surface area contributed by atoms with Crippen LogP contribution in [0.15, 0.2) is 11.3 Å². The predicted octanol–water partition coefficient (Wildman–Crippen LogP) is 1.08. The maximum absolute atomic E-state index is 6.72. The summed E-state index contributed by atoms with van der Waals surface area (Å²) in [5.74, 6) is 0.677. The van der Waals surface area contributed by atoms with Crippen LogP contribution in [0.1, 0.15) is 5.69 Å². The number of nitrogens with one attached hydrogen (secondary N) is 1. The van der Waals surface area contributed by atoms with E-state index in [0.29, 0.717) is 5.82 Å². The van der Waals surface area contributed by atoms with Crippen molar-refractivity contribution in [3.05, 3.63) is 12.0 Å². The average molecular weight is 150 g/mol. The van der Waals surface area contributed by atoms with E-state index in [-0.39, 0.29) is 0 Å². The molecule has 1 aromatic rings. The number of imidazole rings is 1. The van der Waals surface area contributed by atoms with Gasteiger partial charge in [-0.3, -0.25) is 0 Å². The lowest BCUT2D eigenvalue weighted by atomic mass is 10.5. The Morgan fingerprint density at radius 1 is 1.73 bits per heavy atom. The van der Waals surface area contributed by atoms with Gasteiger partial charge in [0.05, 0.1) is 12.0 Å². The summed E-state index contributed by atoms with van der Waals surface area (Å²) >= 11 is 0. The van der Waals surface area contributed by atoms with Gasteiger partial charge in [-0.05, 0) is 6.92 Å². The lowest BCUT2D eigenvalue weighted by Crippen LogP contribution is -1.86. The third-order valence-electron chi connectivity index (χ3n) is 1.48. The summed E-state index contributed by atoms with van der Waals surface area (Å²) < 4.78 is 1.89. The fourth-order valence-corrected chi connectivity index (χ4v) is 0.714. The van der Waals surface area contributed by atoms with Crippen LogP contribution >= 0.6 is 0 Å². The molecule has 0 aromatic carbocycles. The molecule has 0 aliphatic heterocycles. The van der Waals surface area contributed by atoms with Crippen LogP contribution in [0.5, 0.6) is 0 Å². The first-order chi connectivity index (χ1) is 5.25. The first-order valence-electron chi connectivity index (χ1n) is 3.26. The van der Waals surface area contributed by atoms with Gasteiger partial charge in [0.1, 0.15) is 0 Å². The molecule has 11 heavy (non-hydrogen) atoms. The normalized spacial score (nSPS) is 10.7. The summed E-state index contributed by atoms with van der Waals surface area (Å²) in [4.78, 5) is 7.96. The van der Waals surface area contributed by atoms with Crippen LogP contribution < -0.4 is 0 Å². The maximum Gasteiger partial charge on any atom is 0.172 e. The van der Waals surface area contributed by atoms with Crippen LogP contribution in [0.3, 0.4) is 0 Å². The molecule has 1 N–H and O–H groups in total. The third-order valence-corrected chi connectivity index (χ3v) is 1.48. The molecule has 0 amide bonds. The molecule has 4 heteroatoms. The van der Waals surface area contributed by atoms with Gasteiger partial charge in [-0.1, -0.05) is 0 Å². The van der Waals surface area contributed by atoms with Gasteiger partial charge in [0.25, 0.3) is 0 Å². The first kappa shape index (κ1) is 7.65. The molecule has 0 aliphatic rings. The van der Waals surface area contributed by atoms with Crippen molar-refractivity contribution >= 4 is 18.2 Å². The number of aliphatic imine (C=N–C) groups is 1. The highest BCUT2D eigenvalue weighted by Crippen LogP contribution is 2.12. The Balaban J connectivity index is 2.95. The Kier molecular flexibility index (Phi) is 2.15. The lowest BCUT2D eigenvalue weighted by molar-refractivity contribution is 0.874. The molecule has 0 spiro atoms. The van der Waals surface area contributed by atoms with Crippen molar-refractivity contribution < 1.29 is 0 Å². The highest BCUT2D eigenvalue weighted by Gasteiger charge is 1.98. The SMILES string of the molecule is Cc1c(/N=C\C=N)ncn1C. The second-order valence-electron chi connectivity index (χ2n) is 2.21.